The van der Waals surface area contributed by atoms with Crippen molar-refractivity contribution in [2.75, 3.05) is 0 Å². The standard InChI is InChI=1S/C10H6FIN2OS/c11-6-1-3-7(4-2-6)16-10-8(12)9(15)13-5-14-10/h1-5H,(H,13,14,15). The highest BCUT2D eigenvalue weighted by Crippen LogP contribution is 2.27. The summed E-state index contributed by atoms with van der Waals surface area (Å²) >= 11 is 3.27. The Morgan fingerprint density at radius 1 is 1.31 bits per heavy atom. The van der Waals surface area contributed by atoms with Gasteiger partial charge in [-0.1, -0.05) is 11.8 Å². The van der Waals surface area contributed by atoms with Crippen LogP contribution in [0.2, 0.25) is 0 Å². The molecule has 1 aromatic heterocycles. The highest BCUT2D eigenvalue weighted by atomic mass is 127. The number of nitrogens with zero attached hydrogens (tertiary/aromatic N) is 1. The van der Waals surface area contributed by atoms with Crippen LogP contribution in [0.3, 0.4) is 0 Å². The third-order valence-corrected chi connectivity index (χ3v) is 4.17. The summed E-state index contributed by atoms with van der Waals surface area (Å²) in [4.78, 5) is 18.7. The Balaban J connectivity index is 2.30. The maximum atomic E-state index is 12.7. The van der Waals surface area contributed by atoms with Gasteiger partial charge in [0.25, 0.3) is 5.56 Å². The fourth-order valence-electron chi connectivity index (χ4n) is 1.05. The predicted octanol–water partition coefficient (Wildman–Crippen LogP) is 2.66. The molecule has 0 radical (unpaired) electrons. The number of hydrogen-bond acceptors (Lipinski definition) is 3. The first kappa shape index (κ1) is 11.6. The molecule has 16 heavy (non-hydrogen) atoms. The summed E-state index contributed by atoms with van der Waals surface area (Å²) in [6, 6.07) is 6.06. The van der Waals surface area contributed by atoms with Crippen LogP contribution in [0.1, 0.15) is 0 Å². The first-order valence-corrected chi connectivity index (χ1v) is 6.23. The molecular formula is C10H6FIN2OS. The molecule has 0 atom stereocenters. The average molecular weight is 348 g/mol. The summed E-state index contributed by atoms with van der Waals surface area (Å²) < 4.78 is 13.2. The number of nitrogens with one attached hydrogen (secondary N) is 1. The number of aromatic nitrogens is 2. The molecule has 0 aliphatic rings. The van der Waals surface area contributed by atoms with Crippen molar-refractivity contribution in [1.29, 1.82) is 0 Å². The molecule has 0 aliphatic carbocycles. The van der Waals surface area contributed by atoms with Gasteiger partial charge in [-0.25, -0.2) is 9.37 Å². The van der Waals surface area contributed by atoms with Gasteiger partial charge in [0.2, 0.25) is 0 Å². The summed E-state index contributed by atoms with van der Waals surface area (Å²) in [6.45, 7) is 0. The molecule has 0 unspecified atom stereocenters. The van der Waals surface area contributed by atoms with E-state index < -0.39 is 0 Å². The summed E-state index contributed by atoms with van der Waals surface area (Å²) in [5, 5.41) is 0.621. The molecule has 2 rings (SSSR count). The monoisotopic (exact) mass is 348 g/mol. The van der Waals surface area contributed by atoms with E-state index in [0.29, 0.717) is 8.60 Å². The second-order valence-corrected chi connectivity index (χ2v) is 5.05. The van der Waals surface area contributed by atoms with Gasteiger partial charge in [0.1, 0.15) is 14.4 Å². The molecule has 82 valence electrons. The molecule has 0 spiro atoms. The third kappa shape index (κ3) is 2.62. The van der Waals surface area contributed by atoms with Crippen molar-refractivity contribution in [3.8, 4) is 0 Å². The summed E-state index contributed by atoms with van der Waals surface area (Å²) in [7, 11) is 0. The van der Waals surface area contributed by atoms with E-state index >= 15 is 0 Å². The van der Waals surface area contributed by atoms with Gasteiger partial charge < -0.3 is 4.98 Å². The summed E-state index contributed by atoms with van der Waals surface area (Å²) in [6.07, 6.45) is 1.36. The van der Waals surface area contributed by atoms with Crippen molar-refractivity contribution in [3.05, 3.63) is 50.3 Å². The lowest BCUT2D eigenvalue weighted by atomic mass is 10.4. The van der Waals surface area contributed by atoms with E-state index in [1.165, 1.54) is 30.2 Å². The van der Waals surface area contributed by atoms with Crippen molar-refractivity contribution < 1.29 is 4.39 Å². The average Bonchev–Trinajstić information content (AvgIpc) is 2.28. The van der Waals surface area contributed by atoms with Gasteiger partial charge in [0, 0.05) is 4.90 Å². The number of hydrogen-bond donors (Lipinski definition) is 1. The molecule has 0 aliphatic heterocycles. The van der Waals surface area contributed by atoms with Crippen LogP contribution in [0.25, 0.3) is 0 Å². The first-order valence-electron chi connectivity index (χ1n) is 4.33. The van der Waals surface area contributed by atoms with Crippen LogP contribution >= 0.6 is 34.4 Å². The fourth-order valence-corrected chi connectivity index (χ4v) is 2.46. The minimum atomic E-state index is -0.280. The molecule has 1 heterocycles. The summed E-state index contributed by atoms with van der Waals surface area (Å²) in [5.74, 6) is -0.280. The number of rotatable bonds is 2. The van der Waals surface area contributed by atoms with Crippen LogP contribution in [0.4, 0.5) is 4.39 Å². The molecule has 3 nitrogen and oxygen atoms in total. The maximum absolute atomic E-state index is 12.7. The van der Waals surface area contributed by atoms with E-state index in [1.807, 2.05) is 22.6 Å². The SMILES string of the molecule is O=c1[nH]cnc(Sc2ccc(F)cc2)c1I. The third-order valence-electron chi connectivity index (χ3n) is 1.79. The van der Waals surface area contributed by atoms with E-state index in [-0.39, 0.29) is 11.4 Å². The van der Waals surface area contributed by atoms with Crippen molar-refractivity contribution in [3.63, 3.8) is 0 Å². The zero-order valence-corrected chi connectivity index (χ0v) is 10.9. The molecule has 1 aromatic carbocycles. The van der Waals surface area contributed by atoms with E-state index in [9.17, 15) is 9.18 Å². The predicted molar refractivity (Wildman–Crippen MR) is 68.1 cm³/mol. The summed E-state index contributed by atoms with van der Waals surface area (Å²) in [5.41, 5.74) is -0.166. The molecule has 0 bridgehead atoms. The van der Waals surface area contributed by atoms with Crippen molar-refractivity contribution in [2.45, 2.75) is 9.92 Å². The molecule has 2 aromatic rings. The van der Waals surface area contributed by atoms with Gasteiger partial charge in [0.05, 0.1) is 6.33 Å². The minimum absolute atomic E-state index is 0.166. The highest BCUT2D eigenvalue weighted by molar-refractivity contribution is 14.1. The molecule has 0 amide bonds. The van der Waals surface area contributed by atoms with Crippen LogP contribution in [-0.2, 0) is 0 Å². The van der Waals surface area contributed by atoms with Crippen LogP contribution in [0.5, 0.6) is 0 Å². The highest BCUT2D eigenvalue weighted by Gasteiger charge is 2.06. The van der Waals surface area contributed by atoms with Crippen LogP contribution in [0, 0.1) is 9.39 Å². The lowest BCUT2D eigenvalue weighted by Crippen LogP contribution is -2.10. The van der Waals surface area contributed by atoms with Crippen molar-refractivity contribution >= 4 is 34.4 Å². The Kier molecular flexibility index (Phi) is 3.59. The van der Waals surface area contributed by atoms with Crippen LogP contribution in [-0.4, -0.2) is 9.97 Å². The molecule has 0 saturated heterocycles. The van der Waals surface area contributed by atoms with E-state index in [2.05, 4.69) is 9.97 Å². The Labute approximate surface area is 109 Å². The molecule has 0 fully saturated rings. The van der Waals surface area contributed by atoms with Gasteiger partial charge >= 0.3 is 0 Å². The Hall–Kier alpha value is -0.890. The van der Waals surface area contributed by atoms with Gasteiger partial charge in [-0.2, -0.15) is 0 Å². The normalized spacial score (nSPS) is 10.4. The Bertz CT molecular complexity index is 555. The smallest absolute Gasteiger partial charge is 0.265 e. The van der Waals surface area contributed by atoms with Crippen molar-refractivity contribution in [1.82, 2.24) is 9.97 Å². The largest absolute Gasteiger partial charge is 0.312 e. The first-order chi connectivity index (χ1) is 7.66. The van der Waals surface area contributed by atoms with Crippen LogP contribution < -0.4 is 5.56 Å². The number of aromatic amines is 1. The topological polar surface area (TPSA) is 45.8 Å². The van der Waals surface area contributed by atoms with Gasteiger partial charge in [0.15, 0.2) is 0 Å². The maximum Gasteiger partial charge on any atom is 0.265 e. The minimum Gasteiger partial charge on any atom is -0.312 e. The van der Waals surface area contributed by atoms with Crippen molar-refractivity contribution in [2.24, 2.45) is 0 Å². The molecule has 6 heteroatoms. The Morgan fingerprint density at radius 2 is 2.00 bits per heavy atom. The number of H-pyrrole nitrogens is 1. The van der Waals surface area contributed by atoms with E-state index in [1.54, 1.807) is 12.1 Å². The molecule has 0 saturated carbocycles. The molecule has 1 N–H and O–H groups in total. The zero-order valence-electron chi connectivity index (χ0n) is 7.91. The quantitative estimate of drug-likeness (QED) is 0.671. The fraction of sp³-hybridized carbons (Fsp3) is 0. The second kappa shape index (κ2) is 4.96. The second-order valence-electron chi connectivity index (χ2n) is 2.91. The van der Waals surface area contributed by atoms with Gasteiger partial charge in [-0.15, -0.1) is 0 Å². The molecular weight excluding hydrogens is 342 g/mol. The van der Waals surface area contributed by atoms with Gasteiger partial charge in [-0.3, -0.25) is 4.79 Å². The number of halogens is 2. The zero-order chi connectivity index (χ0) is 11.5. The van der Waals surface area contributed by atoms with E-state index in [0.717, 1.165) is 4.90 Å². The lowest BCUT2D eigenvalue weighted by Gasteiger charge is -2.01. The van der Waals surface area contributed by atoms with Crippen LogP contribution in [0.15, 0.2) is 45.3 Å². The number of benzene rings is 1. The van der Waals surface area contributed by atoms with E-state index in [4.69, 9.17) is 0 Å². The van der Waals surface area contributed by atoms with Gasteiger partial charge in [-0.05, 0) is 46.9 Å². The Morgan fingerprint density at radius 3 is 2.69 bits per heavy atom. The lowest BCUT2D eigenvalue weighted by molar-refractivity contribution is 0.626.